The molecule has 0 saturated carbocycles. The average Bonchev–Trinajstić information content (AvgIpc) is 2.70. The lowest BCUT2D eigenvalue weighted by Crippen LogP contribution is -2.29. The topological polar surface area (TPSA) is 95.3 Å². The number of nitrogens with zero attached hydrogens (tertiary/aromatic N) is 3. The van der Waals surface area contributed by atoms with Crippen LogP contribution in [0.2, 0.25) is 0 Å². The Hall–Kier alpha value is -3.68. The van der Waals surface area contributed by atoms with E-state index in [0.717, 1.165) is 10.2 Å². The third kappa shape index (κ3) is 3.79. The smallest absolute Gasteiger partial charge is 0.267 e. The van der Waals surface area contributed by atoms with Gasteiger partial charge in [-0.15, -0.1) is 0 Å². The molecular weight excluding hydrogens is 348 g/mol. The van der Waals surface area contributed by atoms with Gasteiger partial charge < -0.3 is 14.8 Å². The number of carbonyl (C=O) groups excluding carboxylic acids is 1. The van der Waals surface area contributed by atoms with Gasteiger partial charge in [0.05, 0.1) is 5.69 Å². The lowest BCUT2D eigenvalue weighted by atomic mass is 10.2. The first kappa shape index (κ1) is 16.8. The van der Waals surface area contributed by atoms with E-state index < -0.39 is 0 Å². The highest BCUT2D eigenvalue weighted by Crippen LogP contribution is 2.32. The van der Waals surface area contributed by atoms with Crippen molar-refractivity contribution < 1.29 is 14.3 Å². The van der Waals surface area contributed by atoms with Gasteiger partial charge in [-0.3, -0.25) is 14.6 Å². The Morgan fingerprint density at radius 2 is 1.81 bits per heavy atom. The first-order valence-corrected chi connectivity index (χ1v) is 8.37. The summed E-state index contributed by atoms with van der Waals surface area (Å²) in [6.07, 6.45) is 3.28. The number of benzene rings is 1. The predicted octanol–water partition coefficient (Wildman–Crippen LogP) is 1.72. The lowest BCUT2D eigenvalue weighted by molar-refractivity contribution is -0.117. The van der Waals surface area contributed by atoms with Crippen molar-refractivity contribution in [1.29, 1.82) is 0 Å². The molecule has 1 N–H and O–H groups in total. The highest BCUT2D eigenvalue weighted by atomic mass is 16.6. The van der Waals surface area contributed by atoms with E-state index in [0.29, 0.717) is 36.1 Å². The van der Waals surface area contributed by atoms with Crippen LogP contribution >= 0.6 is 0 Å². The zero-order valence-electron chi connectivity index (χ0n) is 14.3. The van der Waals surface area contributed by atoms with Gasteiger partial charge in [0.25, 0.3) is 5.56 Å². The second-order valence-corrected chi connectivity index (χ2v) is 5.86. The third-order valence-corrected chi connectivity index (χ3v) is 3.96. The Balaban J connectivity index is 1.50. The SMILES string of the molecule is O=C(Cn1nc(-c2ccncc2)ccc1=O)Nc1ccc2c(c1)OCCO2. The van der Waals surface area contributed by atoms with Crippen LogP contribution in [0, 0.1) is 0 Å². The van der Waals surface area contributed by atoms with Crippen molar-refractivity contribution in [2.75, 3.05) is 18.5 Å². The monoisotopic (exact) mass is 364 g/mol. The van der Waals surface area contributed by atoms with Crippen molar-refractivity contribution >= 4 is 11.6 Å². The number of hydrogen-bond acceptors (Lipinski definition) is 6. The molecular formula is C19H16N4O4. The van der Waals surface area contributed by atoms with Gasteiger partial charge in [-0.25, -0.2) is 4.68 Å². The van der Waals surface area contributed by atoms with Crippen LogP contribution in [0.5, 0.6) is 11.5 Å². The van der Waals surface area contributed by atoms with Gasteiger partial charge in [0.2, 0.25) is 5.91 Å². The second-order valence-electron chi connectivity index (χ2n) is 5.86. The molecule has 8 heteroatoms. The molecule has 0 spiro atoms. The minimum Gasteiger partial charge on any atom is -0.486 e. The number of fused-ring (bicyclic) bond motifs is 1. The molecule has 1 aromatic carbocycles. The van der Waals surface area contributed by atoms with E-state index in [4.69, 9.17) is 9.47 Å². The normalized spacial score (nSPS) is 12.4. The first-order valence-electron chi connectivity index (χ1n) is 8.37. The predicted molar refractivity (Wildman–Crippen MR) is 97.8 cm³/mol. The number of amides is 1. The Morgan fingerprint density at radius 3 is 2.63 bits per heavy atom. The van der Waals surface area contributed by atoms with Crippen molar-refractivity contribution in [2.24, 2.45) is 0 Å². The van der Waals surface area contributed by atoms with E-state index in [1.807, 2.05) is 0 Å². The Morgan fingerprint density at radius 1 is 1.04 bits per heavy atom. The van der Waals surface area contributed by atoms with Gasteiger partial charge in [0.15, 0.2) is 11.5 Å². The van der Waals surface area contributed by atoms with Gasteiger partial charge in [0.1, 0.15) is 19.8 Å². The van der Waals surface area contributed by atoms with Crippen LogP contribution in [-0.2, 0) is 11.3 Å². The molecule has 0 radical (unpaired) electrons. The minimum absolute atomic E-state index is 0.202. The molecule has 1 aliphatic rings. The van der Waals surface area contributed by atoms with E-state index >= 15 is 0 Å². The fourth-order valence-corrected chi connectivity index (χ4v) is 2.70. The molecule has 3 heterocycles. The van der Waals surface area contributed by atoms with Crippen LogP contribution in [-0.4, -0.2) is 33.9 Å². The van der Waals surface area contributed by atoms with Crippen LogP contribution in [0.1, 0.15) is 0 Å². The maximum atomic E-state index is 12.4. The molecule has 0 saturated heterocycles. The molecule has 2 aromatic heterocycles. The van der Waals surface area contributed by atoms with Gasteiger partial charge >= 0.3 is 0 Å². The summed E-state index contributed by atoms with van der Waals surface area (Å²) in [5.41, 5.74) is 1.60. The fourth-order valence-electron chi connectivity index (χ4n) is 2.70. The van der Waals surface area contributed by atoms with Crippen LogP contribution in [0.25, 0.3) is 11.3 Å². The van der Waals surface area contributed by atoms with Crippen LogP contribution in [0.4, 0.5) is 5.69 Å². The summed E-state index contributed by atoms with van der Waals surface area (Å²) < 4.78 is 12.1. The number of hydrogen-bond donors (Lipinski definition) is 1. The highest BCUT2D eigenvalue weighted by Gasteiger charge is 2.13. The second kappa shape index (κ2) is 7.28. The Bertz CT molecular complexity index is 1030. The third-order valence-electron chi connectivity index (χ3n) is 3.96. The van der Waals surface area contributed by atoms with Crippen LogP contribution in [0.15, 0.2) is 59.7 Å². The number of rotatable bonds is 4. The van der Waals surface area contributed by atoms with Crippen molar-refractivity contribution in [3.63, 3.8) is 0 Å². The maximum absolute atomic E-state index is 12.4. The summed E-state index contributed by atoms with van der Waals surface area (Å²) >= 11 is 0. The number of carbonyl (C=O) groups is 1. The molecule has 3 aromatic rings. The summed E-state index contributed by atoms with van der Waals surface area (Å²) in [5.74, 6) is 0.851. The number of pyridine rings is 1. The molecule has 0 aliphatic carbocycles. The van der Waals surface area contributed by atoms with E-state index in [9.17, 15) is 9.59 Å². The highest BCUT2D eigenvalue weighted by molar-refractivity contribution is 5.90. The van der Waals surface area contributed by atoms with Crippen molar-refractivity contribution in [3.05, 3.63) is 65.2 Å². The lowest BCUT2D eigenvalue weighted by Gasteiger charge is -2.19. The van der Waals surface area contributed by atoms with Gasteiger partial charge in [-0.1, -0.05) is 0 Å². The number of ether oxygens (including phenoxy) is 2. The van der Waals surface area contributed by atoms with E-state index in [-0.39, 0.29) is 18.0 Å². The van der Waals surface area contributed by atoms with Crippen molar-refractivity contribution in [1.82, 2.24) is 14.8 Å². The molecule has 27 heavy (non-hydrogen) atoms. The summed E-state index contributed by atoms with van der Waals surface area (Å²) in [7, 11) is 0. The van der Waals surface area contributed by atoms with Crippen molar-refractivity contribution in [2.45, 2.75) is 6.54 Å². The molecule has 0 unspecified atom stereocenters. The van der Waals surface area contributed by atoms with Gasteiger partial charge in [-0.2, -0.15) is 5.10 Å². The number of aromatic nitrogens is 3. The molecule has 0 atom stereocenters. The Kier molecular flexibility index (Phi) is 4.52. The van der Waals surface area contributed by atoms with E-state index in [2.05, 4.69) is 15.4 Å². The molecule has 8 nitrogen and oxygen atoms in total. The summed E-state index contributed by atoms with van der Waals surface area (Å²) in [6, 6.07) is 11.7. The molecule has 1 amide bonds. The van der Waals surface area contributed by atoms with Crippen molar-refractivity contribution in [3.8, 4) is 22.8 Å². The van der Waals surface area contributed by atoms with Gasteiger partial charge in [0, 0.05) is 35.8 Å². The summed E-state index contributed by atoms with van der Waals surface area (Å²) in [4.78, 5) is 28.4. The van der Waals surface area contributed by atoms with Crippen LogP contribution in [0.3, 0.4) is 0 Å². The first-order chi connectivity index (χ1) is 13.2. The average molecular weight is 364 g/mol. The quantitative estimate of drug-likeness (QED) is 0.757. The molecule has 136 valence electrons. The maximum Gasteiger partial charge on any atom is 0.267 e. The van der Waals surface area contributed by atoms with E-state index in [1.54, 1.807) is 48.8 Å². The zero-order valence-corrected chi connectivity index (χ0v) is 14.3. The molecule has 0 fully saturated rings. The summed E-state index contributed by atoms with van der Waals surface area (Å²) in [6.45, 7) is 0.763. The molecule has 4 rings (SSSR count). The molecule has 0 bridgehead atoms. The minimum atomic E-state index is -0.367. The fraction of sp³-hybridized carbons (Fsp3) is 0.158. The largest absolute Gasteiger partial charge is 0.486 e. The summed E-state index contributed by atoms with van der Waals surface area (Å²) in [5, 5.41) is 7.01. The van der Waals surface area contributed by atoms with Gasteiger partial charge in [-0.05, 0) is 30.3 Å². The van der Waals surface area contributed by atoms with E-state index in [1.165, 1.54) is 6.07 Å². The zero-order chi connectivity index (χ0) is 18.6. The van der Waals surface area contributed by atoms with Crippen LogP contribution < -0.4 is 20.3 Å². The standard InChI is InChI=1S/C19H16N4O4/c24-18(21-14-1-3-16-17(11-14)27-10-9-26-16)12-23-19(25)4-2-15(22-23)13-5-7-20-8-6-13/h1-8,11H,9-10,12H2,(H,21,24). The molecule has 1 aliphatic heterocycles. The number of anilines is 1. The Labute approximate surface area is 154 Å². The number of nitrogens with one attached hydrogen (secondary N) is 1.